The number of carbonyl (C=O) groups is 1. The molecule has 0 amide bonds. The highest BCUT2D eigenvalue weighted by atomic mass is 32.2. The third-order valence-electron chi connectivity index (χ3n) is 3.04. The zero-order chi connectivity index (χ0) is 13.2. The Hall–Kier alpha value is -1.40. The van der Waals surface area contributed by atoms with E-state index in [1.165, 1.54) is 0 Å². The minimum atomic E-state index is -3.55. The molecule has 1 unspecified atom stereocenters. The Balaban J connectivity index is 2.19. The Morgan fingerprint density at radius 1 is 1.33 bits per heavy atom. The summed E-state index contributed by atoms with van der Waals surface area (Å²) in [5.74, 6) is -1.21. The lowest BCUT2D eigenvalue weighted by Gasteiger charge is -2.20. The van der Waals surface area contributed by atoms with Gasteiger partial charge < -0.3 is 5.11 Å². The number of carboxylic acids is 1. The molecular formula is C12H15NO4S. The summed E-state index contributed by atoms with van der Waals surface area (Å²) in [6.07, 6.45) is 0.994. The number of carboxylic acid groups (broad SMARTS) is 1. The summed E-state index contributed by atoms with van der Waals surface area (Å²) in [6.45, 7) is 0.298. The number of sulfonamides is 1. The monoisotopic (exact) mass is 269 g/mol. The maximum atomic E-state index is 12.2. The summed E-state index contributed by atoms with van der Waals surface area (Å²) < 4.78 is 25.5. The van der Waals surface area contributed by atoms with Gasteiger partial charge in [-0.05, 0) is 18.4 Å². The van der Waals surface area contributed by atoms with Crippen LogP contribution in [0.5, 0.6) is 0 Å². The van der Waals surface area contributed by atoms with Gasteiger partial charge in [-0.3, -0.25) is 4.79 Å². The highest BCUT2D eigenvalue weighted by Crippen LogP contribution is 2.23. The fraction of sp³-hybridized carbons (Fsp3) is 0.417. The zero-order valence-corrected chi connectivity index (χ0v) is 10.6. The first kappa shape index (κ1) is 13.0. The van der Waals surface area contributed by atoms with Gasteiger partial charge in [0.2, 0.25) is 10.0 Å². The molecular weight excluding hydrogens is 254 g/mol. The quantitative estimate of drug-likeness (QED) is 0.887. The Labute approximate surface area is 106 Å². The van der Waals surface area contributed by atoms with Crippen LogP contribution in [0.15, 0.2) is 30.3 Å². The molecule has 0 bridgehead atoms. The van der Waals surface area contributed by atoms with Gasteiger partial charge in [-0.2, -0.15) is 4.31 Å². The van der Waals surface area contributed by atoms with Gasteiger partial charge in [0.15, 0.2) is 0 Å². The molecule has 1 aromatic rings. The summed E-state index contributed by atoms with van der Waals surface area (Å²) in [4.78, 5) is 11.0. The Morgan fingerprint density at radius 3 is 2.61 bits per heavy atom. The van der Waals surface area contributed by atoms with Crippen LogP contribution in [0, 0.1) is 0 Å². The molecule has 1 aliphatic heterocycles. The van der Waals surface area contributed by atoms with Crippen molar-refractivity contribution in [3.63, 3.8) is 0 Å². The molecule has 1 saturated heterocycles. The van der Waals surface area contributed by atoms with E-state index in [0.29, 0.717) is 24.9 Å². The van der Waals surface area contributed by atoms with Crippen molar-refractivity contribution in [1.29, 1.82) is 0 Å². The molecule has 1 heterocycles. The third kappa shape index (κ3) is 2.70. The lowest BCUT2D eigenvalue weighted by atomic mass is 10.2. The lowest BCUT2D eigenvalue weighted by Crippen LogP contribution is -2.40. The van der Waals surface area contributed by atoms with Gasteiger partial charge in [0.1, 0.15) is 6.04 Å². The van der Waals surface area contributed by atoms with Crippen LogP contribution in [-0.4, -0.2) is 36.4 Å². The largest absolute Gasteiger partial charge is 0.480 e. The third-order valence-corrected chi connectivity index (χ3v) is 4.89. The van der Waals surface area contributed by atoms with Crippen LogP contribution < -0.4 is 0 Å². The maximum absolute atomic E-state index is 12.2. The molecule has 0 saturated carbocycles. The Bertz CT molecular complexity index is 526. The Morgan fingerprint density at radius 2 is 2.00 bits per heavy atom. The van der Waals surface area contributed by atoms with Crippen molar-refractivity contribution in [2.45, 2.75) is 24.6 Å². The van der Waals surface area contributed by atoms with E-state index in [4.69, 9.17) is 5.11 Å². The standard InChI is InChI=1S/C12H15NO4S/c14-12(15)11-7-4-8-13(11)18(16,17)9-10-5-2-1-3-6-10/h1-3,5-6,11H,4,7-9H2,(H,14,15). The van der Waals surface area contributed by atoms with Crippen LogP contribution >= 0.6 is 0 Å². The van der Waals surface area contributed by atoms with Crippen molar-refractivity contribution >= 4 is 16.0 Å². The van der Waals surface area contributed by atoms with E-state index in [9.17, 15) is 13.2 Å². The fourth-order valence-corrected chi connectivity index (χ4v) is 3.96. The second-order valence-electron chi connectivity index (χ2n) is 4.35. The number of benzene rings is 1. The molecule has 1 N–H and O–H groups in total. The smallest absolute Gasteiger partial charge is 0.322 e. The summed E-state index contributed by atoms with van der Waals surface area (Å²) in [6, 6.07) is 7.89. The molecule has 0 spiro atoms. The number of aliphatic carboxylic acids is 1. The van der Waals surface area contributed by atoms with Crippen molar-refractivity contribution in [2.75, 3.05) is 6.54 Å². The van der Waals surface area contributed by atoms with Crippen molar-refractivity contribution in [3.8, 4) is 0 Å². The first-order chi connectivity index (χ1) is 8.50. The Kier molecular flexibility index (Phi) is 3.68. The average molecular weight is 269 g/mol. The van der Waals surface area contributed by atoms with E-state index in [1.807, 2.05) is 6.07 Å². The van der Waals surface area contributed by atoms with Gasteiger partial charge in [-0.15, -0.1) is 0 Å². The normalized spacial score (nSPS) is 21.0. The van der Waals surface area contributed by atoms with Crippen LogP contribution in [0.1, 0.15) is 18.4 Å². The number of rotatable bonds is 4. The van der Waals surface area contributed by atoms with Crippen LogP contribution in [0.25, 0.3) is 0 Å². The van der Waals surface area contributed by atoms with Gasteiger partial charge >= 0.3 is 5.97 Å². The molecule has 1 aromatic carbocycles. The van der Waals surface area contributed by atoms with Gasteiger partial charge in [0.25, 0.3) is 0 Å². The molecule has 0 aromatic heterocycles. The first-order valence-electron chi connectivity index (χ1n) is 5.77. The minimum absolute atomic E-state index is 0.141. The maximum Gasteiger partial charge on any atom is 0.322 e. The van der Waals surface area contributed by atoms with E-state index in [0.717, 1.165) is 4.31 Å². The molecule has 2 rings (SSSR count). The highest BCUT2D eigenvalue weighted by Gasteiger charge is 2.38. The van der Waals surface area contributed by atoms with Gasteiger partial charge in [0, 0.05) is 6.54 Å². The van der Waals surface area contributed by atoms with Crippen molar-refractivity contribution < 1.29 is 18.3 Å². The molecule has 1 aliphatic rings. The topological polar surface area (TPSA) is 74.7 Å². The first-order valence-corrected chi connectivity index (χ1v) is 7.38. The van der Waals surface area contributed by atoms with Crippen molar-refractivity contribution in [3.05, 3.63) is 35.9 Å². The SMILES string of the molecule is O=C(O)C1CCCN1S(=O)(=O)Cc1ccccc1. The van der Waals surface area contributed by atoms with Crippen molar-refractivity contribution in [2.24, 2.45) is 0 Å². The number of hydrogen-bond donors (Lipinski definition) is 1. The predicted octanol–water partition coefficient (Wildman–Crippen LogP) is 1.07. The molecule has 1 atom stereocenters. The number of nitrogens with zero attached hydrogens (tertiary/aromatic N) is 1. The van der Waals surface area contributed by atoms with Crippen LogP contribution in [0.4, 0.5) is 0 Å². The van der Waals surface area contributed by atoms with E-state index in [-0.39, 0.29) is 5.75 Å². The molecule has 98 valence electrons. The fourth-order valence-electron chi connectivity index (χ4n) is 2.19. The van der Waals surface area contributed by atoms with E-state index in [2.05, 4.69) is 0 Å². The van der Waals surface area contributed by atoms with Crippen molar-refractivity contribution in [1.82, 2.24) is 4.31 Å². The summed E-state index contributed by atoms with van der Waals surface area (Å²) in [7, 11) is -3.55. The molecule has 6 heteroatoms. The van der Waals surface area contributed by atoms with Crippen LogP contribution in [-0.2, 0) is 20.6 Å². The summed E-state index contributed by atoms with van der Waals surface area (Å²) in [5, 5.41) is 9.01. The molecule has 5 nitrogen and oxygen atoms in total. The predicted molar refractivity (Wildman–Crippen MR) is 66.4 cm³/mol. The number of hydrogen-bond acceptors (Lipinski definition) is 3. The summed E-state index contributed by atoms with van der Waals surface area (Å²) in [5.41, 5.74) is 0.675. The van der Waals surface area contributed by atoms with Gasteiger partial charge in [-0.1, -0.05) is 30.3 Å². The van der Waals surface area contributed by atoms with Gasteiger partial charge in [-0.25, -0.2) is 8.42 Å². The van der Waals surface area contributed by atoms with E-state index in [1.54, 1.807) is 24.3 Å². The average Bonchev–Trinajstić information content (AvgIpc) is 2.79. The lowest BCUT2D eigenvalue weighted by molar-refractivity contribution is -0.140. The van der Waals surface area contributed by atoms with E-state index >= 15 is 0 Å². The minimum Gasteiger partial charge on any atom is -0.480 e. The second-order valence-corrected chi connectivity index (χ2v) is 6.27. The summed E-state index contributed by atoms with van der Waals surface area (Å²) >= 11 is 0. The molecule has 1 fully saturated rings. The van der Waals surface area contributed by atoms with Crippen LogP contribution in [0.2, 0.25) is 0 Å². The molecule has 0 aliphatic carbocycles. The van der Waals surface area contributed by atoms with E-state index < -0.39 is 22.0 Å². The molecule has 18 heavy (non-hydrogen) atoms. The molecule has 0 radical (unpaired) electrons. The van der Waals surface area contributed by atoms with Crippen LogP contribution in [0.3, 0.4) is 0 Å². The zero-order valence-electron chi connectivity index (χ0n) is 9.82. The van der Waals surface area contributed by atoms with Gasteiger partial charge in [0.05, 0.1) is 5.75 Å². The highest BCUT2D eigenvalue weighted by molar-refractivity contribution is 7.88. The second kappa shape index (κ2) is 5.07.